The summed E-state index contributed by atoms with van der Waals surface area (Å²) in [6, 6.07) is 3.78. The van der Waals surface area contributed by atoms with E-state index in [-0.39, 0.29) is 12.2 Å². The van der Waals surface area contributed by atoms with Gasteiger partial charge >= 0.3 is 6.09 Å². The molecular weight excluding hydrogens is 260 g/mol. The van der Waals surface area contributed by atoms with Crippen molar-refractivity contribution in [2.24, 2.45) is 0 Å². The number of methoxy groups -OCH3 is 1. The molecule has 20 heavy (non-hydrogen) atoms. The predicted molar refractivity (Wildman–Crippen MR) is 75.6 cm³/mol. The highest BCUT2D eigenvalue weighted by Gasteiger charge is 2.24. The average molecular weight is 280 g/mol. The van der Waals surface area contributed by atoms with Crippen LogP contribution < -0.4 is 11.1 Å². The van der Waals surface area contributed by atoms with Gasteiger partial charge in [0.2, 0.25) is 0 Å². The smallest absolute Gasteiger partial charge is 0.409 e. The van der Waals surface area contributed by atoms with Gasteiger partial charge in [0.15, 0.2) is 0 Å². The maximum absolute atomic E-state index is 11.5. The highest BCUT2D eigenvalue weighted by molar-refractivity contribution is 5.67. The van der Waals surface area contributed by atoms with Crippen LogP contribution in [0.1, 0.15) is 5.69 Å². The summed E-state index contributed by atoms with van der Waals surface area (Å²) in [4.78, 5) is 17.3. The number of carbonyl (C=O) groups is 1. The third kappa shape index (κ3) is 3.51. The van der Waals surface area contributed by atoms with E-state index in [1.54, 1.807) is 4.90 Å². The molecule has 0 unspecified atom stereocenters. The molecule has 0 bridgehead atoms. The topological polar surface area (TPSA) is 89.7 Å². The summed E-state index contributed by atoms with van der Waals surface area (Å²) < 4.78 is 10.3. The third-order valence-electron chi connectivity index (χ3n) is 3.16. The molecule has 2 rings (SSSR count). The summed E-state index contributed by atoms with van der Waals surface area (Å²) in [6.07, 6.45) is -0.418. The lowest BCUT2D eigenvalue weighted by atomic mass is 10.2. The standard InChI is InChI=1S/C13H20N4O3/c1-9-3-4-11(12(14)16-9)15-7-10-8-17(5-6-20-10)13(18)19-2/h3-4,10,15H,5-8H2,1-2H3,(H2,14,16)/t10-/m0/s1. The molecule has 3 N–H and O–H groups in total. The van der Waals surface area contributed by atoms with Crippen molar-refractivity contribution < 1.29 is 14.3 Å². The Bertz CT molecular complexity index is 481. The van der Waals surface area contributed by atoms with Crippen molar-refractivity contribution >= 4 is 17.6 Å². The van der Waals surface area contributed by atoms with Crippen molar-refractivity contribution in [3.63, 3.8) is 0 Å². The molecule has 1 aromatic rings. The summed E-state index contributed by atoms with van der Waals surface area (Å²) in [5, 5.41) is 3.20. The normalized spacial score (nSPS) is 18.7. The lowest BCUT2D eigenvalue weighted by molar-refractivity contribution is -0.0176. The lowest BCUT2D eigenvalue weighted by Crippen LogP contribution is -2.47. The third-order valence-corrected chi connectivity index (χ3v) is 3.16. The number of anilines is 2. The number of nitrogens with zero attached hydrogens (tertiary/aromatic N) is 2. The maximum Gasteiger partial charge on any atom is 0.409 e. The number of hydrogen-bond donors (Lipinski definition) is 2. The number of ether oxygens (including phenoxy) is 2. The molecule has 1 fully saturated rings. The summed E-state index contributed by atoms with van der Waals surface area (Å²) in [6.45, 7) is 4.00. The van der Waals surface area contributed by atoms with Crippen LogP contribution in [0.4, 0.5) is 16.3 Å². The van der Waals surface area contributed by atoms with E-state index in [1.165, 1.54) is 7.11 Å². The molecule has 7 heteroatoms. The van der Waals surface area contributed by atoms with Gasteiger partial charge in [0.1, 0.15) is 5.82 Å². The minimum absolute atomic E-state index is 0.0939. The molecule has 1 aliphatic rings. The highest BCUT2D eigenvalue weighted by atomic mass is 16.5. The highest BCUT2D eigenvalue weighted by Crippen LogP contribution is 2.16. The number of aryl methyl sites for hydroxylation is 1. The van der Waals surface area contributed by atoms with Gasteiger partial charge in [-0.05, 0) is 19.1 Å². The fourth-order valence-electron chi connectivity index (χ4n) is 2.09. The number of carbonyl (C=O) groups excluding carboxylic acids is 1. The van der Waals surface area contributed by atoms with Gasteiger partial charge in [-0.15, -0.1) is 0 Å². The van der Waals surface area contributed by atoms with E-state index in [1.807, 2.05) is 19.1 Å². The molecule has 110 valence electrons. The lowest BCUT2D eigenvalue weighted by Gasteiger charge is -2.32. The molecule has 0 spiro atoms. The first-order valence-corrected chi connectivity index (χ1v) is 6.51. The zero-order valence-corrected chi connectivity index (χ0v) is 11.8. The van der Waals surface area contributed by atoms with Crippen LogP contribution in [0.2, 0.25) is 0 Å². The Balaban J connectivity index is 1.88. The second-order valence-corrected chi connectivity index (χ2v) is 4.68. The Hall–Kier alpha value is -2.02. The van der Waals surface area contributed by atoms with E-state index in [4.69, 9.17) is 15.2 Å². The Morgan fingerprint density at radius 3 is 3.15 bits per heavy atom. The van der Waals surface area contributed by atoms with Crippen LogP contribution in [0.15, 0.2) is 12.1 Å². The van der Waals surface area contributed by atoms with Crippen LogP contribution in [0.3, 0.4) is 0 Å². The van der Waals surface area contributed by atoms with E-state index in [0.717, 1.165) is 11.4 Å². The molecule has 7 nitrogen and oxygen atoms in total. The van der Waals surface area contributed by atoms with E-state index in [2.05, 4.69) is 10.3 Å². The first kappa shape index (κ1) is 14.4. The molecule has 0 aliphatic carbocycles. The second-order valence-electron chi connectivity index (χ2n) is 4.68. The number of hydrogen-bond acceptors (Lipinski definition) is 6. The average Bonchev–Trinajstić information content (AvgIpc) is 2.46. The quantitative estimate of drug-likeness (QED) is 0.853. The molecule has 2 heterocycles. The number of morpholine rings is 1. The van der Waals surface area contributed by atoms with Crippen LogP contribution in [-0.4, -0.2) is 55.4 Å². The van der Waals surface area contributed by atoms with Crippen molar-refractivity contribution in [3.05, 3.63) is 17.8 Å². The van der Waals surface area contributed by atoms with Gasteiger partial charge in [-0.1, -0.05) is 0 Å². The molecule has 1 amide bonds. The van der Waals surface area contributed by atoms with Crippen molar-refractivity contribution in [2.75, 3.05) is 44.4 Å². The molecule has 1 saturated heterocycles. The van der Waals surface area contributed by atoms with Crippen LogP contribution in [0.5, 0.6) is 0 Å². The number of nitrogens with two attached hydrogens (primary N) is 1. The molecule has 1 aromatic heterocycles. The zero-order valence-electron chi connectivity index (χ0n) is 11.8. The molecule has 0 saturated carbocycles. The van der Waals surface area contributed by atoms with Gasteiger partial charge in [-0.25, -0.2) is 9.78 Å². The minimum Gasteiger partial charge on any atom is -0.453 e. The first-order chi connectivity index (χ1) is 9.60. The van der Waals surface area contributed by atoms with E-state index < -0.39 is 0 Å². The molecular formula is C13H20N4O3. The minimum atomic E-state index is -0.324. The maximum atomic E-state index is 11.5. The van der Waals surface area contributed by atoms with Gasteiger partial charge in [0, 0.05) is 18.8 Å². The Labute approximate surface area is 118 Å². The predicted octanol–water partition coefficient (Wildman–Crippen LogP) is 0.851. The van der Waals surface area contributed by atoms with E-state index >= 15 is 0 Å². The number of amides is 1. The van der Waals surface area contributed by atoms with Crippen LogP contribution in [0.25, 0.3) is 0 Å². The SMILES string of the molecule is COC(=O)N1CCO[C@@H](CNc2ccc(C)nc2N)C1. The summed E-state index contributed by atoms with van der Waals surface area (Å²) in [5.41, 5.74) is 7.48. The van der Waals surface area contributed by atoms with Gasteiger partial charge in [0.25, 0.3) is 0 Å². The second kappa shape index (κ2) is 6.42. The van der Waals surface area contributed by atoms with E-state index in [9.17, 15) is 4.79 Å². The Morgan fingerprint density at radius 2 is 2.45 bits per heavy atom. The van der Waals surface area contributed by atoms with Crippen LogP contribution in [-0.2, 0) is 9.47 Å². The van der Waals surface area contributed by atoms with Crippen molar-refractivity contribution in [1.29, 1.82) is 0 Å². The number of rotatable bonds is 3. The van der Waals surface area contributed by atoms with Crippen molar-refractivity contribution in [2.45, 2.75) is 13.0 Å². The van der Waals surface area contributed by atoms with Gasteiger partial charge in [0.05, 0.1) is 32.1 Å². The van der Waals surface area contributed by atoms with Crippen LogP contribution >= 0.6 is 0 Å². The Kier molecular flexibility index (Phi) is 4.62. The van der Waals surface area contributed by atoms with Crippen molar-refractivity contribution in [3.8, 4) is 0 Å². The zero-order chi connectivity index (χ0) is 14.5. The fourth-order valence-corrected chi connectivity index (χ4v) is 2.09. The summed E-state index contributed by atoms with van der Waals surface area (Å²) >= 11 is 0. The number of aromatic nitrogens is 1. The monoisotopic (exact) mass is 280 g/mol. The number of nitrogen functional groups attached to an aromatic ring is 1. The number of pyridine rings is 1. The fraction of sp³-hybridized carbons (Fsp3) is 0.538. The Morgan fingerprint density at radius 1 is 1.65 bits per heavy atom. The van der Waals surface area contributed by atoms with E-state index in [0.29, 0.717) is 32.1 Å². The summed E-state index contributed by atoms with van der Waals surface area (Å²) in [5.74, 6) is 0.464. The first-order valence-electron chi connectivity index (χ1n) is 6.51. The van der Waals surface area contributed by atoms with Gasteiger partial charge in [-0.2, -0.15) is 0 Å². The van der Waals surface area contributed by atoms with Gasteiger partial charge < -0.3 is 25.4 Å². The molecule has 0 radical (unpaired) electrons. The molecule has 1 aliphatic heterocycles. The summed E-state index contributed by atoms with van der Waals surface area (Å²) in [7, 11) is 1.38. The molecule has 0 aromatic carbocycles. The number of nitrogens with one attached hydrogen (secondary N) is 1. The molecule has 1 atom stereocenters. The van der Waals surface area contributed by atoms with Gasteiger partial charge in [-0.3, -0.25) is 0 Å². The largest absolute Gasteiger partial charge is 0.453 e. The van der Waals surface area contributed by atoms with Crippen LogP contribution in [0, 0.1) is 6.92 Å². The van der Waals surface area contributed by atoms with Crippen molar-refractivity contribution in [1.82, 2.24) is 9.88 Å².